The van der Waals surface area contributed by atoms with E-state index in [4.69, 9.17) is 0 Å². The molecule has 0 amide bonds. The third kappa shape index (κ3) is 3.68. The summed E-state index contributed by atoms with van der Waals surface area (Å²) in [6, 6.07) is 1.66. The van der Waals surface area contributed by atoms with E-state index in [0.29, 0.717) is 18.2 Å². The smallest absolute Gasteiger partial charge is 0.244 e. The van der Waals surface area contributed by atoms with Gasteiger partial charge in [-0.1, -0.05) is 0 Å². The van der Waals surface area contributed by atoms with Gasteiger partial charge in [0.1, 0.15) is 4.90 Å². The number of pyridine rings is 1. The Morgan fingerprint density at radius 3 is 3.00 bits per heavy atom. The molecule has 1 fully saturated rings. The maximum Gasteiger partial charge on any atom is 0.244 e. The van der Waals surface area contributed by atoms with Gasteiger partial charge in [0.2, 0.25) is 10.0 Å². The zero-order valence-electron chi connectivity index (χ0n) is 12.0. The van der Waals surface area contributed by atoms with Crippen LogP contribution in [0.3, 0.4) is 0 Å². The number of likely N-dealkylation sites (tertiary alicyclic amines) is 1. The SMILES string of the molecule is CNc1ccncc1S(=O)(=O)NCC1CCCN(C)C1. The third-order valence-electron chi connectivity index (χ3n) is 3.63. The number of rotatable bonds is 5. The van der Waals surface area contributed by atoms with Crippen molar-refractivity contribution in [3.05, 3.63) is 18.5 Å². The summed E-state index contributed by atoms with van der Waals surface area (Å²) in [5, 5.41) is 2.88. The summed E-state index contributed by atoms with van der Waals surface area (Å²) in [7, 11) is 0.256. The topological polar surface area (TPSA) is 74.3 Å². The molecule has 20 heavy (non-hydrogen) atoms. The van der Waals surface area contributed by atoms with E-state index in [1.807, 2.05) is 0 Å². The van der Waals surface area contributed by atoms with Gasteiger partial charge in [0.25, 0.3) is 0 Å². The molecule has 1 unspecified atom stereocenters. The van der Waals surface area contributed by atoms with Gasteiger partial charge in [-0.05, 0) is 38.4 Å². The fourth-order valence-corrected chi connectivity index (χ4v) is 3.82. The highest BCUT2D eigenvalue weighted by Crippen LogP contribution is 2.20. The standard InChI is InChI=1S/C13H22N4O2S/c1-14-12-5-6-15-9-13(12)20(18,19)16-8-11-4-3-7-17(2)10-11/h5-6,9,11,16H,3-4,7-8,10H2,1-2H3,(H,14,15). The number of anilines is 1. The minimum Gasteiger partial charge on any atom is -0.387 e. The molecule has 0 saturated carbocycles. The molecule has 0 spiro atoms. The summed E-state index contributed by atoms with van der Waals surface area (Å²) in [6.45, 7) is 2.51. The van der Waals surface area contributed by atoms with Crippen LogP contribution in [0.25, 0.3) is 0 Å². The molecule has 1 saturated heterocycles. The Hall–Kier alpha value is -1.18. The van der Waals surface area contributed by atoms with Crippen LogP contribution in [0, 0.1) is 5.92 Å². The molecule has 2 N–H and O–H groups in total. The number of sulfonamides is 1. The van der Waals surface area contributed by atoms with Gasteiger partial charge in [-0.25, -0.2) is 13.1 Å². The number of hydrogen-bond acceptors (Lipinski definition) is 5. The van der Waals surface area contributed by atoms with Crippen molar-refractivity contribution < 1.29 is 8.42 Å². The minimum atomic E-state index is -3.51. The van der Waals surface area contributed by atoms with E-state index in [2.05, 4.69) is 27.0 Å². The average Bonchev–Trinajstić information content (AvgIpc) is 2.45. The van der Waals surface area contributed by atoms with E-state index < -0.39 is 10.0 Å². The second-order valence-electron chi connectivity index (χ2n) is 5.24. The van der Waals surface area contributed by atoms with Gasteiger partial charge in [-0.3, -0.25) is 4.98 Å². The summed E-state index contributed by atoms with van der Waals surface area (Å²) in [5.74, 6) is 0.373. The molecule has 2 heterocycles. The Morgan fingerprint density at radius 2 is 2.30 bits per heavy atom. The van der Waals surface area contributed by atoms with Gasteiger partial charge in [0.15, 0.2) is 0 Å². The molecule has 1 aromatic heterocycles. The lowest BCUT2D eigenvalue weighted by Gasteiger charge is -2.29. The van der Waals surface area contributed by atoms with Crippen molar-refractivity contribution in [3.8, 4) is 0 Å². The highest BCUT2D eigenvalue weighted by Gasteiger charge is 2.22. The first-order valence-corrected chi connectivity index (χ1v) is 8.31. The molecule has 7 heteroatoms. The van der Waals surface area contributed by atoms with Crippen LogP contribution in [0.1, 0.15) is 12.8 Å². The number of nitrogens with zero attached hydrogens (tertiary/aromatic N) is 2. The normalized spacial score (nSPS) is 20.8. The second kappa shape index (κ2) is 6.51. The first-order chi connectivity index (χ1) is 9.53. The minimum absolute atomic E-state index is 0.201. The summed E-state index contributed by atoms with van der Waals surface area (Å²) in [4.78, 5) is 6.34. The Labute approximate surface area is 120 Å². The van der Waals surface area contributed by atoms with Crippen LogP contribution in [0.5, 0.6) is 0 Å². The molecule has 0 bridgehead atoms. The highest BCUT2D eigenvalue weighted by molar-refractivity contribution is 7.89. The fraction of sp³-hybridized carbons (Fsp3) is 0.615. The predicted octanol–water partition coefficient (Wildman–Crippen LogP) is 0.743. The van der Waals surface area contributed by atoms with Crippen LogP contribution in [0.2, 0.25) is 0 Å². The van der Waals surface area contributed by atoms with Crippen LogP contribution in [-0.4, -0.2) is 52.0 Å². The average molecular weight is 298 g/mol. The Morgan fingerprint density at radius 1 is 1.50 bits per heavy atom. The second-order valence-corrected chi connectivity index (χ2v) is 6.98. The number of nitrogens with one attached hydrogen (secondary N) is 2. The lowest BCUT2D eigenvalue weighted by molar-refractivity contribution is 0.211. The Balaban J connectivity index is 2.04. The molecule has 112 valence electrons. The van der Waals surface area contributed by atoms with Crippen molar-refractivity contribution in [2.45, 2.75) is 17.7 Å². The Kier molecular flexibility index (Phi) is 4.95. The molecular weight excluding hydrogens is 276 g/mol. The zero-order valence-corrected chi connectivity index (χ0v) is 12.8. The molecule has 0 aromatic carbocycles. The van der Waals surface area contributed by atoms with Crippen molar-refractivity contribution in [2.75, 3.05) is 39.0 Å². The van der Waals surface area contributed by atoms with E-state index in [0.717, 1.165) is 25.9 Å². The van der Waals surface area contributed by atoms with E-state index in [-0.39, 0.29) is 4.90 Å². The van der Waals surface area contributed by atoms with E-state index in [1.54, 1.807) is 19.3 Å². The van der Waals surface area contributed by atoms with E-state index in [1.165, 1.54) is 6.20 Å². The van der Waals surface area contributed by atoms with Crippen LogP contribution < -0.4 is 10.0 Å². The largest absolute Gasteiger partial charge is 0.387 e. The summed E-state index contributed by atoms with van der Waals surface area (Å²) in [6.07, 6.45) is 5.14. The van der Waals surface area contributed by atoms with Crippen molar-refractivity contribution in [3.63, 3.8) is 0 Å². The van der Waals surface area contributed by atoms with Gasteiger partial charge in [-0.2, -0.15) is 0 Å². The Bertz CT molecular complexity index is 547. The van der Waals surface area contributed by atoms with Crippen molar-refractivity contribution >= 4 is 15.7 Å². The molecule has 2 rings (SSSR count). The lowest BCUT2D eigenvalue weighted by Crippen LogP contribution is -2.39. The van der Waals surface area contributed by atoms with Gasteiger partial charge >= 0.3 is 0 Å². The highest BCUT2D eigenvalue weighted by atomic mass is 32.2. The lowest BCUT2D eigenvalue weighted by atomic mass is 9.99. The predicted molar refractivity (Wildman–Crippen MR) is 79.2 cm³/mol. The van der Waals surface area contributed by atoms with E-state index >= 15 is 0 Å². The van der Waals surface area contributed by atoms with Crippen molar-refractivity contribution in [2.24, 2.45) is 5.92 Å². The van der Waals surface area contributed by atoms with Crippen LogP contribution in [0.4, 0.5) is 5.69 Å². The van der Waals surface area contributed by atoms with Crippen LogP contribution >= 0.6 is 0 Å². The molecular formula is C13H22N4O2S. The molecule has 1 aliphatic heterocycles. The monoisotopic (exact) mass is 298 g/mol. The molecule has 6 nitrogen and oxygen atoms in total. The number of piperidine rings is 1. The molecule has 1 atom stereocenters. The van der Waals surface area contributed by atoms with Gasteiger partial charge in [-0.15, -0.1) is 0 Å². The maximum absolute atomic E-state index is 12.3. The van der Waals surface area contributed by atoms with Gasteiger partial charge in [0.05, 0.1) is 5.69 Å². The quantitative estimate of drug-likeness (QED) is 0.839. The van der Waals surface area contributed by atoms with E-state index in [9.17, 15) is 8.42 Å². The first kappa shape index (κ1) is 15.2. The van der Waals surface area contributed by atoms with Crippen molar-refractivity contribution in [1.29, 1.82) is 0 Å². The summed E-state index contributed by atoms with van der Waals surface area (Å²) >= 11 is 0. The van der Waals surface area contributed by atoms with Gasteiger partial charge < -0.3 is 10.2 Å². The molecule has 0 aliphatic carbocycles. The number of hydrogen-bond donors (Lipinski definition) is 2. The van der Waals surface area contributed by atoms with Crippen LogP contribution in [-0.2, 0) is 10.0 Å². The fourth-order valence-electron chi connectivity index (χ4n) is 2.55. The first-order valence-electron chi connectivity index (χ1n) is 6.83. The molecule has 0 radical (unpaired) electrons. The number of aromatic nitrogens is 1. The summed E-state index contributed by atoms with van der Waals surface area (Å²) in [5.41, 5.74) is 0.563. The molecule has 1 aliphatic rings. The van der Waals surface area contributed by atoms with Gasteiger partial charge in [0, 0.05) is 32.5 Å². The maximum atomic E-state index is 12.3. The third-order valence-corrected chi connectivity index (χ3v) is 5.08. The van der Waals surface area contributed by atoms with Crippen LogP contribution in [0.15, 0.2) is 23.4 Å². The summed E-state index contributed by atoms with van der Waals surface area (Å²) < 4.78 is 27.4. The zero-order chi connectivity index (χ0) is 14.6. The molecule has 1 aromatic rings. The van der Waals surface area contributed by atoms with Crippen molar-refractivity contribution in [1.82, 2.24) is 14.6 Å².